The lowest BCUT2D eigenvalue weighted by Crippen LogP contribution is -2.14. The highest BCUT2D eigenvalue weighted by Crippen LogP contribution is 2.60. The fourth-order valence-corrected chi connectivity index (χ4v) is 2.28. The third kappa shape index (κ3) is 2.34. The van der Waals surface area contributed by atoms with Crippen LogP contribution in [0.1, 0.15) is 13.8 Å². The Balaban J connectivity index is 2.90. The van der Waals surface area contributed by atoms with Gasteiger partial charge in [0.15, 0.2) is 5.76 Å². The molecule has 0 aromatic rings. The van der Waals surface area contributed by atoms with Gasteiger partial charge in [-0.25, -0.2) is 0 Å². The van der Waals surface area contributed by atoms with Crippen LogP contribution in [0.4, 0.5) is 13.2 Å². The zero-order chi connectivity index (χ0) is 12.7. The number of carbonyl (C=O) groups excluding carboxylic acids is 1. The van der Waals surface area contributed by atoms with E-state index in [1.54, 1.807) is 13.8 Å². The molecule has 0 saturated heterocycles. The van der Waals surface area contributed by atoms with Gasteiger partial charge in [0, 0.05) is 5.92 Å². The third-order valence-electron chi connectivity index (χ3n) is 2.99. The van der Waals surface area contributed by atoms with Crippen molar-refractivity contribution in [3.05, 3.63) is 11.8 Å². The summed E-state index contributed by atoms with van der Waals surface area (Å²) in [6, 6.07) is 0. The van der Waals surface area contributed by atoms with E-state index in [2.05, 4.69) is 4.74 Å². The van der Waals surface area contributed by atoms with Gasteiger partial charge in [-0.15, -0.1) is 0 Å². The Kier molecular flexibility index (Phi) is 3.29. The highest BCUT2D eigenvalue weighted by atomic mass is 35.5. The first-order chi connectivity index (χ1) is 7.12. The van der Waals surface area contributed by atoms with E-state index >= 15 is 0 Å². The smallest absolute Gasteiger partial charge is 0.448 e. The molecule has 1 saturated carbocycles. The molecule has 0 bridgehead atoms. The van der Waals surface area contributed by atoms with Crippen LogP contribution >= 0.6 is 11.6 Å². The van der Waals surface area contributed by atoms with E-state index in [1.165, 1.54) is 0 Å². The number of methoxy groups -OCH3 is 1. The summed E-state index contributed by atoms with van der Waals surface area (Å²) in [6.45, 7) is 3.39. The summed E-state index contributed by atoms with van der Waals surface area (Å²) in [7, 11) is 0.951. The number of ether oxygens (including phenoxy) is 1. The monoisotopic (exact) mass is 256 g/mol. The average Bonchev–Trinajstić information content (AvgIpc) is 2.61. The lowest BCUT2D eigenvalue weighted by atomic mass is 10.1. The van der Waals surface area contributed by atoms with Gasteiger partial charge in [0.2, 0.25) is 5.24 Å². The molecule has 0 N–H and O–H groups in total. The van der Waals surface area contributed by atoms with Crippen LogP contribution in [0.25, 0.3) is 0 Å². The van der Waals surface area contributed by atoms with Crippen molar-refractivity contribution >= 4 is 16.8 Å². The second-order valence-electron chi connectivity index (χ2n) is 4.36. The normalized spacial score (nSPS) is 28.8. The first-order valence-corrected chi connectivity index (χ1v) is 5.02. The molecule has 0 amide bonds. The number of halogens is 4. The number of alkyl halides is 3. The molecule has 1 rings (SSSR count). The molecule has 1 aliphatic rings. The molecule has 0 aromatic heterocycles. The maximum absolute atomic E-state index is 12.4. The van der Waals surface area contributed by atoms with Crippen LogP contribution in [0.5, 0.6) is 0 Å². The quantitative estimate of drug-likeness (QED) is 0.573. The van der Waals surface area contributed by atoms with Crippen LogP contribution in [0, 0.1) is 17.3 Å². The molecule has 0 heterocycles. The Morgan fingerprint density at radius 2 is 1.94 bits per heavy atom. The number of hydrogen-bond acceptors (Lipinski definition) is 2. The molecule has 1 fully saturated rings. The lowest BCUT2D eigenvalue weighted by molar-refractivity contribution is -0.126. The van der Waals surface area contributed by atoms with Gasteiger partial charge in [-0.1, -0.05) is 13.8 Å². The Morgan fingerprint density at radius 1 is 1.44 bits per heavy atom. The van der Waals surface area contributed by atoms with Crippen molar-refractivity contribution in [2.45, 2.75) is 20.0 Å². The van der Waals surface area contributed by atoms with E-state index in [0.717, 1.165) is 13.2 Å². The van der Waals surface area contributed by atoms with Crippen molar-refractivity contribution in [2.75, 3.05) is 7.11 Å². The molecule has 16 heavy (non-hydrogen) atoms. The SMILES string of the molecule is CO/C(=C/C1C(C(=O)Cl)C1(C)C)C(F)(F)F. The largest absolute Gasteiger partial charge is 0.492 e. The molecule has 0 aliphatic heterocycles. The second kappa shape index (κ2) is 3.95. The van der Waals surface area contributed by atoms with Crippen LogP contribution in [0.2, 0.25) is 0 Å². The zero-order valence-corrected chi connectivity index (χ0v) is 9.82. The minimum Gasteiger partial charge on any atom is -0.492 e. The first-order valence-electron chi connectivity index (χ1n) is 4.64. The molecule has 0 radical (unpaired) electrons. The van der Waals surface area contributed by atoms with Crippen molar-refractivity contribution in [3.8, 4) is 0 Å². The molecular formula is C10H12ClF3O2. The molecule has 2 nitrogen and oxygen atoms in total. The van der Waals surface area contributed by atoms with Gasteiger partial charge in [-0.3, -0.25) is 4.79 Å². The molecule has 0 aromatic carbocycles. The lowest BCUT2D eigenvalue weighted by Gasteiger charge is -2.10. The Hall–Kier alpha value is -0.710. The van der Waals surface area contributed by atoms with Crippen LogP contribution in [0.15, 0.2) is 11.8 Å². The zero-order valence-electron chi connectivity index (χ0n) is 9.06. The third-order valence-corrected chi connectivity index (χ3v) is 3.22. The van der Waals surface area contributed by atoms with E-state index in [9.17, 15) is 18.0 Å². The van der Waals surface area contributed by atoms with Crippen LogP contribution in [0.3, 0.4) is 0 Å². The number of rotatable bonds is 3. The molecule has 92 valence electrons. The Bertz CT molecular complexity index is 333. The summed E-state index contributed by atoms with van der Waals surface area (Å²) in [5.74, 6) is -2.17. The Morgan fingerprint density at radius 3 is 2.19 bits per heavy atom. The highest BCUT2D eigenvalue weighted by Gasteiger charge is 2.61. The van der Waals surface area contributed by atoms with Gasteiger partial charge in [0.05, 0.1) is 7.11 Å². The minimum absolute atomic E-state index is 0.519. The van der Waals surface area contributed by atoms with E-state index < -0.39 is 34.4 Å². The highest BCUT2D eigenvalue weighted by molar-refractivity contribution is 6.64. The molecule has 2 atom stereocenters. The maximum Gasteiger partial charge on any atom is 0.448 e. The molecule has 6 heteroatoms. The number of carbonyl (C=O) groups is 1. The van der Waals surface area contributed by atoms with Crippen LogP contribution < -0.4 is 0 Å². The minimum atomic E-state index is -4.53. The van der Waals surface area contributed by atoms with Gasteiger partial charge in [0.25, 0.3) is 0 Å². The van der Waals surface area contributed by atoms with Crippen LogP contribution in [-0.4, -0.2) is 18.5 Å². The predicted octanol–water partition coefficient (Wildman–Crippen LogP) is 3.12. The molecular weight excluding hydrogens is 245 g/mol. The molecule has 0 spiro atoms. The predicted molar refractivity (Wildman–Crippen MR) is 52.8 cm³/mol. The van der Waals surface area contributed by atoms with Crippen molar-refractivity contribution in [1.29, 1.82) is 0 Å². The summed E-state index contributed by atoms with van der Waals surface area (Å²) in [4.78, 5) is 11.0. The van der Waals surface area contributed by atoms with E-state index in [4.69, 9.17) is 11.6 Å². The standard InChI is InChI=1S/C10H12ClF3O2/c1-9(2)5(7(9)8(11)15)4-6(16-3)10(12,13)14/h4-5,7H,1-3H3/b6-4+. The fourth-order valence-electron chi connectivity index (χ4n) is 1.86. The summed E-state index contributed by atoms with van der Waals surface area (Å²) in [6.07, 6.45) is -3.60. The van der Waals surface area contributed by atoms with Gasteiger partial charge >= 0.3 is 6.18 Å². The summed E-state index contributed by atoms with van der Waals surface area (Å²) < 4.78 is 41.4. The second-order valence-corrected chi connectivity index (χ2v) is 4.73. The topological polar surface area (TPSA) is 26.3 Å². The number of allylic oxidation sites excluding steroid dienone is 2. The summed E-state index contributed by atoms with van der Waals surface area (Å²) in [5, 5.41) is -0.608. The van der Waals surface area contributed by atoms with Crippen molar-refractivity contribution in [2.24, 2.45) is 17.3 Å². The van der Waals surface area contributed by atoms with Gasteiger partial charge in [-0.2, -0.15) is 13.2 Å². The van der Waals surface area contributed by atoms with E-state index in [1.807, 2.05) is 0 Å². The summed E-state index contributed by atoms with van der Waals surface area (Å²) >= 11 is 5.31. The molecule has 2 unspecified atom stereocenters. The average molecular weight is 257 g/mol. The van der Waals surface area contributed by atoms with Crippen molar-refractivity contribution in [1.82, 2.24) is 0 Å². The van der Waals surface area contributed by atoms with Gasteiger partial charge in [0.1, 0.15) is 0 Å². The molecule has 1 aliphatic carbocycles. The fraction of sp³-hybridized carbons (Fsp3) is 0.700. The Labute approximate surface area is 96.4 Å². The van der Waals surface area contributed by atoms with E-state index in [-0.39, 0.29) is 0 Å². The number of hydrogen-bond donors (Lipinski definition) is 0. The van der Waals surface area contributed by atoms with Crippen molar-refractivity contribution < 1.29 is 22.7 Å². The van der Waals surface area contributed by atoms with Crippen LogP contribution in [-0.2, 0) is 9.53 Å². The summed E-state index contributed by atoms with van der Waals surface area (Å²) in [5.41, 5.74) is -0.534. The first kappa shape index (κ1) is 13.4. The van der Waals surface area contributed by atoms with E-state index in [0.29, 0.717) is 0 Å². The maximum atomic E-state index is 12.4. The van der Waals surface area contributed by atoms with Gasteiger partial charge < -0.3 is 4.74 Å². The van der Waals surface area contributed by atoms with Gasteiger partial charge in [-0.05, 0) is 29.0 Å². The van der Waals surface area contributed by atoms with Crippen molar-refractivity contribution in [3.63, 3.8) is 0 Å².